The van der Waals surface area contributed by atoms with Crippen LogP contribution in [-0.2, 0) is 4.79 Å². The van der Waals surface area contributed by atoms with Crippen molar-refractivity contribution >= 4 is 27.4 Å². The molecule has 0 heterocycles. The Balaban J connectivity index is 2.41. The molecule has 0 bridgehead atoms. The summed E-state index contributed by atoms with van der Waals surface area (Å²) in [5.74, 6) is -1.88. The van der Waals surface area contributed by atoms with E-state index in [9.17, 15) is 23.1 Å². The molecule has 0 aliphatic heterocycles. The Hall–Kier alpha value is -1.50. The molecule has 1 aromatic rings. The van der Waals surface area contributed by atoms with Crippen LogP contribution in [0.1, 0.15) is 18.4 Å². The van der Waals surface area contributed by atoms with Crippen molar-refractivity contribution < 1.29 is 23.1 Å². The highest BCUT2D eigenvalue weighted by Gasteiger charge is 2.38. The first-order chi connectivity index (χ1) is 9.21. The third kappa shape index (κ3) is 4.88. The number of hydrogen-bond acceptors (Lipinski definition) is 2. The van der Waals surface area contributed by atoms with Gasteiger partial charge in [0.25, 0.3) is 0 Å². The maximum Gasteiger partial charge on any atom is 0.471 e. The Labute approximate surface area is 122 Å². The van der Waals surface area contributed by atoms with E-state index in [0.29, 0.717) is 28.5 Å². The van der Waals surface area contributed by atoms with Crippen molar-refractivity contribution in [2.24, 2.45) is 0 Å². The van der Waals surface area contributed by atoms with Gasteiger partial charge < -0.3 is 10.4 Å². The number of phenolic OH excluding ortho intramolecular Hbond substituents is 1. The normalized spacial score (nSPS) is 11.2. The lowest BCUT2D eigenvalue weighted by Gasteiger charge is -2.09. The summed E-state index contributed by atoms with van der Waals surface area (Å²) in [5, 5.41) is 11.3. The molecule has 0 aromatic heterocycles. The highest BCUT2D eigenvalue weighted by molar-refractivity contribution is 9.10. The van der Waals surface area contributed by atoms with Gasteiger partial charge in [-0.3, -0.25) is 4.79 Å². The molecular weight excluding hydrogens is 339 g/mol. The van der Waals surface area contributed by atoms with Gasteiger partial charge in [-0.25, -0.2) is 0 Å². The van der Waals surface area contributed by atoms with E-state index < -0.39 is 12.1 Å². The standard InChI is InChI=1S/C13H13BrF3NO2/c1-8(9-4-5-10(14)11(19)7-9)3-2-6-18-12(20)13(15,16)17/h4-5,7,19H,1-3,6H2,(H,18,20). The lowest BCUT2D eigenvalue weighted by atomic mass is 10.0. The summed E-state index contributed by atoms with van der Waals surface area (Å²) in [4.78, 5) is 10.6. The maximum atomic E-state index is 11.9. The summed E-state index contributed by atoms with van der Waals surface area (Å²) < 4.78 is 36.3. The van der Waals surface area contributed by atoms with Crippen LogP contribution in [0.15, 0.2) is 29.3 Å². The number of nitrogens with one attached hydrogen (secondary N) is 1. The Morgan fingerprint density at radius 1 is 1.40 bits per heavy atom. The number of rotatable bonds is 5. The summed E-state index contributed by atoms with van der Waals surface area (Å²) in [6.45, 7) is 3.72. The number of carbonyl (C=O) groups excluding carboxylic acids is 1. The highest BCUT2D eigenvalue weighted by Crippen LogP contribution is 2.28. The van der Waals surface area contributed by atoms with Gasteiger partial charge in [0.05, 0.1) is 4.47 Å². The largest absolute Gasteiger partial charge is 0.507 e. The van der Waals surface area contributed by atoms with Gasteiger partial charge in [-0.15, -0.1) is 0 Å². The van der Waals surface area contributed by atoms with Crippen LogP contribution in [0, 0.1) is 0 Å². The van der Waals surface area contributed by atoms with Gasteiger partial charge in [0.15, 0.2) is 0 Å². The number of hydrogen-bond donors (Lipinski definition) is 2. The quantitative estimate of drug-likeness (QED) is 0.796. The molecule has 0 spiro atoms. The van der Waals surface area contributed by atoms with Crippen LogP contribution in [0.3, 0.4) is 0 Å². The molecule has 1 aromatic carbocycles. The van der Waals surface area contributed by atoms with Crippen LogP contribution in [-0.4, -0.2) is 23.7 Å². The molecule has 0 fully saturated rings. The Morgan fingerprint density at radius 2 is 2.05 bits per heavy atom. The minimum Gasteiger partial charge on any atom is -0.507 e. The molecule has 7 heteroatoms. The minimum atomic E-state index is -4.85. The molecule has 3 nitrogen and oxygen atoms in total. The molecule has 0 unspecified atom stereocenters. The fraction of sp³-hybridized carbons (Fsp3) is 0.308. The van der Waals surface area contributed by atoms with Gasteiger partial charge in [0, 0.05) is 6.54 Å². The summed E-state index contributed by atoms with van der Waals surface area (Å²) in [7, 11) is 0. The molecule has 1 rings (SSSR count). The van der Waals surface area contributed by atoms with Crippen molar-refractivity contribution in [1.29, 1.82) is 0 Å². The first-order valence-electron chi connectivity index (χ1n) is 5.73. The number of phenols is 1. The molecule has 0 saturated carbocycles. The van der Waals surface area contributed by atoms with E-state index in [4.69, 9.17) is 0 Å². The number of allylic oxidation sites excluding steroid dienone is 1. The molecule has 20 heavy (non-hydrogen) atoms. The Kier molecular flexibility index (Phi) is 5.62. The van der Waals surface area contributed by atoms with Crippen molar-refractivity contribution in [3.05, 3.63) is 34.8 Å². The van der Waals surface area contributed by atoms with Crippen LogP contribution in [0.25, 0.3) is 5.57 Å². The van der Waals surface area contributed by atoms with Crippen molar-refractivity contribution in [2.45, 2.75) is 19.0 Å². The smallest absolute Gasteiger partial charge is 0.471 e. The van der Waals surface area contributed by atoms with E-state index in [1.165, 1.54) is 6.07 Å². The van der Waals surface area contributed by atoms with Crippen LogP contribution in [0.5, 0.6) is 5.75 Å². The van der Waals surface area contributed by atoms with Gasteiger partial charge in [0.2, 0.25) is 0 Å². The van der Waals surface area contributed by atoms with E-state index in [1.54, 1.807) is 17.4 Å². The molecule has 1 amide bonds. The van der Waals surface area contributed by atoms with Gasteiger partial charge in [-0.2, -0.15) is 13.2 Å². The first kappa shape index (κ1) is 16.6. The van der Waals surface area contributed by atoms with E-state index in [2.05, 4.69) is 22.5 Å². The second-order valence-electron chi connectivity index (χ2n) is 4.13. The molecule has 2 N–H and O–H groups in total. The van der Waals surface area contributed by atoms with Crippen molar-refractivity contribution in [3.8, 4) is 5.75 Å². The van der Waals surface area contributed by atoms with E-state index in [0.717, 1.165) is 0 Å². The van der Waals surface area contributed by atoms with Crippen molar-refractivity contribution in [2.75, 3.05) is 6.54 Å². The minimum absolute atomic E-state index is 0.0639. The first-order valence-corrected chi connectivity index (χ1v) is 6.53. The molecule has 0 aliphatic rings. The summed E-state index contributed by atoms with van der Waals surface area (Å²) in [5.41, 5.74) is 1.38. The molecular formula is C13H13BrF3NO2. The third-order valence-corrected chi connectivity index (χ3v) is 3.22. The number of aromatic hydroxyl groups is 1. The van der Waals surface area contributed by atoms with Crippen molar-refractivity contribution in [1.82, 2.24) is 5.32 Å². The monoisotopic (exact) mass is 351 g/mol. The third-order valence-electron chi connectivity index (χ3n) is 2.55. The van der Waals surface area contributed by atoms with E-state index >= 15 is 0 Å². The lowest BCUT2D eigenvalue weighted by molar-refractivity contribution is -0.173. The summed E-state index contributed by atoms with van der Waals surface area (Å²) in [6, 6.07) is 4.91. The maximum absolute atomic E-state index is 11.9. The molecule has 0 saturated heterocycles. The summed E-state index contributed by atoms with van der Waals surface area (Å²) in [6.07, 6.45) is -4.11. The van der Waals surface area contributed by atoms with Crippen LogP contribution >= 0.6 is 15.9 Å². The van der Waals surface area contributed by atoms with Crippen LogP contribution in [0.2, 0.25) is 0 Å². The zero-order valence-electron chi connectivity index (χ0n) is 10.4. The number of benzene rings is 1. The predicted molar refractivity (Wildman–Crippen MR) is 73.1 cm³/mol. The van der Waals surface area contributed by atoms with E-state index in [-0.39, 0.29) is 12.3 Å². The van der Waals surface area contributed by atoms with Crippen LogP contribution in [0.4, 0.5) is 13.2 Å². The second kappa shape index (κ2) is 6.78. The number of alkyl halides is 3. The number of amides is 1. The molecule has 0 radical (unpaired) electrons. The zero-order valence-corrected chi connectivity index (χ0v) is 12.0. The number of carbonyl (C=O) groups is 1. The SMILES string of the molecule is C=C(CCCNC(=O)C(F)(F)F)c1ccc(Br)c(O)c1. The fourth-order valence-corrected chi connectivity index (χ4v) is 1.73. The van der Waals surface area contributed by atoms with Gasteiger partial charge in [0.1, 0.15) is 5.75 Å². The lowest BCUT2D eigenvalue weighted by Crippen LogP contribution is -2.37. The van der Waals surface area contributed by atoms with Crippen LogP contribution < -0.4 is 5.32 Å². The number of halogens is 4. The summed E-state index contributed by atoms with van der Waals surface area (Å²) >= 11 is 3.14. The predicted octanol–water partition coefficient (Wildman–Crippen LogP) is 3.63. The molecule has 0 aliphatic carbocycles. The van der Waals surface area contributed by atoms with Gasteiger partial charge in [-0.05, 0) is 52.0 Å². The average molecular weight is 352 g/mol. The molecule has 0 atom stereocenters. The Morgan fingerprint density at radius 3 is 2.60 bits per heavy atom. The van der Waals surface area contributed by atoms with Gasteiger partial charge in [-0.1, -0.05) is 12.6 Å². The highest BCUT2D eigenvalue weighted by atomic mass is 79.9. The van der Waals surface area contributed by atoms with Crippen molar-refractivity contribution in [3.63, 3.8) is 0 Å². The second-order valence-corrected chi connectivity index (χ2v) is 4.98. The topological polar surface area (TPSA) is 49.3 Å². The van der Waals surface area contributed by atoms with Gasteiger partial charge >= 0.3 is 12.1 Å². The van der Waals surface area contributed by atoms with E-state index in [1.807, 2.05) is 0 Å². The zero-order chi connectivity index (χ0) is 15.3. The average Bonchev–Trinajstić information content (AvgIpc) is 2.36. The molecule has 110 valence electrons. The Bertz CT molecular complexity index is 515. The fourth-order valence-electron chi connectivity index (χ4n) is 1.48.